The normalized spacial score (nSPS) is 17.6. The first-order valence-corrected chi connectivity index (χ1v) is 7.90. The van der Waals surface area contributed by atoms with Crippen molar-refractivity contribution in [2.24, 2.45) is 0 Å². The van der Waals surface area contributed by atoms with Crippen LogP contribution in [0.1, 0.15) is 29.5 Å². The number of carbonyl (C=O) groups excluding carboxylic acids is 1. The topological polar surface area (TPSA) is 72.4 Å². The molecule has 0 radical (unpaired) electrons. The van der Waals surface area contributed by atoms with Crippen LogP contribution in [0.5, 0.6) is 0 Å². The van der Waals surface area contributed by atoms with E-state index in [0.717, 1.165) is 16.9 Å². The summed E-state index contributed by atoms with van der Waals surface area (Å²) in [5, 5.41) is 4.09. The Labute approximate surface area is 139 Å². The van der Waals surface area contributed by atoms with E-state index in [1.54, 1.807) is 11.2 Å². The van der Waals surface area contributed by atoms with Crippen molar-refractivity contribution in [2.75, 3.05) is 6.54 Å². The molecule has 6 nitrogen and oxygen atoms in total. The minimum Gasteiger partial charge on any atom is -0.467 e. The maximum Gasteiger partial charge on any atom is 0.258 e. The average Bonchev–Trinajstić information content (AvgIpc) is 3.30. The third kappa shape index (κ3) is 2.71. The molecule has 1 fully saturated rings. The van der Waals surface area contributed by atoms with Gasteiger partial charge in [-0.25, -0.2) is 0 Å². The summed E-state index contributed by atoms with van der Waals surface area (Å²) in [6.45, 7) is 3.06. The zero-order chi connectivity index (χ0) is 16.5. The van der Waals surface area contributed by atoms with Crippen LogP contribution in [0.4, 0.5) is 0 Å². The van der Waals surface area contributed by atoms with Gasteiger partial charge in [-0.3, -0.25) is 4.79 Å². The molecule has 0 aliphatic carbocycles. The standard InChI is InChI=1S/C18H17N3O3/c1-12-5-2-3-7-15(12)18-19-17(20-24-18)13-9-16(22)21(10-13)11-14-6-4-8-23-14/h2-8,13H,9-11H2,1H3. The van der Waals surface area contributed by atoms with Gasteiger partial charge in [0.1, 0.15) is 5.76 Å². The number of hydrogen-bond donors (Lipinski definition) is 0. The van der Waals surface area contributed by atoms with Gasteiger partial charge in [-0.1, -0.05) is 23.4 Å². The monoisotopic (exact) mass is 323 g/mol. The first-order valence-electron chi connectivity index (χ1n) is 7.90. The van der Waals surface area contributed by atoms with Gasteiger partial charge in [0.05, 0.1) is 12.8 Å². The van der Waals surface area contributed by atoms with Gasteiger partial charge in [0.25, 0.3) is 5.89 Å². The number of rotatable bonds is 4. The van der Waals surface area contributed by atoms with Crippen LogP contribution >= 0.6 is 0 Å². The third-order valence-corrected chi connectivity index (χ3v) is 4.32. The number of nitrogens with zero attached hydrogens (tertiary/aromatic N) is 3. The summed E-state index contributed by atoms with van der Waals surface area (Å²) in [5.74, 6) is 1.90. The molecule has 0 saturated carbocycles. The molecule has 1 atom stereocenters. The lowest BCUT2D eigenvalue weighted by Crippen LogP contribution is -2.24. The van der Waals surface area contributed by atoms with Crippen LogP contribution in [-0.4, -0.2) is 27.5 Å². The predicted molar refractivity (Wildman–Crippen MR) is 86.0 cm³/mol. The van der Waals surface area contributed by atoms with Crippen LogP contribution in [0.25, 0.3) is 11.5 Å². The highest BCUT2D eigenvalue weighted by molar-refractivity contribution is 5.79. The summed E-state index contributed by atoms with van der Waals surface area (Å²) in [7, 11) is 0. The van der Waals surface area contributed by atoms with Crippen molar-refractivity contribution in [2.45, 2.75) is 25.8 Å². The third-order valence-electron chi connectivity index (χ3n) is 4.32. The molecule has 1 unspecified atom stereocenters. The van der Waals surface area contributed by atoms with E-state index in [9.17, 15) is 4.79 Å². The molecule has 1 saturated heterocycles. The lowest BCUT2D eigenvalue weighted by atomic mass is 10.1. The van der Waals surface area contributed by atoms with Crippen molar-refractivity contribution in [1.29, 1.82) is 0 Å². The van der Waals surface area contributed by atoms with Gasteiger partial charge in [0.15, 0.2) is 5.82 Å². The maximum atomic E-state index is 12.2. The molecule has 3 aromatic rings. The Morgan fingerprint density at radius 3 is 2.92 bits per heavy atom. The molecule has 0 bridgehead atoms. The molecule has 0 N–H and O–H groups in total. The number of aryl methyl sites for hydroxylation is 1. The summed E-state index contributed by atoms with van der Waals surface area (Å²) < 4.78 is 10.7. The summed E-state index contributed by atoms with van der Waals surface area (Å²) in [5.41, 5.74) is 2.00. The van der Waals surface area contributed by atoms with Gasteiger partial charge >= 0.3 is 0 Å². The molecule has 1 amide bonds. The van der Waals surface area contributed by atoms with Crippen molar-refractivity contribution < 1.29 is 13.7 Å². The second kappa shape index (κ2) is 5.96. The van der Waals surface area contributed by atoms with Gasteiger partial charge in [-0.15, -0.1) is 0 Å². The first kappa shape index (κ1) is 14.7. The molecule has 24 heavy (non-hydrogen) atoms. The van der Waals surface area contributed by atoms with Gasteiger partial charge in [-0.05, 0) is 30.7 Å². The second-order valence-corrected chi connectivity index (χ2v) is 6.03. The molecule has 122 valence electrons. The summed E-state index contributed by atoms with van der Waals surface area (Å²) in [4.78, 5) is 18.5. The highest BCUT2D eigenvalue weighted by Gasteiger charge is 2.34. The lowest BCUT2D eigenvalue weighted by Gasteiger charge is -2.13. The Morgan fingerprint density at radius 1 is 1.25 bits per heavy atom. The van der Waals surface area contributed by atoms with Crippen LogP contribution < -0.4 is 0 Å². The van der Waals surface area contributed by atoms with E-state index < -0.39 is 0 Å². The van der Waals surface area contributed by atoms with E-state index in [1.165, 1.54) is 0 Å². The minimum absolute atomic E-state index is 0.0472. The smallest absolute Gasteiger partial charge is 0.258 e. The number of carbonyl (C=O) groups is 1. The number of furan rings is 1. The zero-order valence-corrected chi connectivity index (χ0v) is 13.3. The molecule has 3 heterocycles. The molecule has 1 aliphatic heterocycles. The fourth-order valence-corrected chi connectivity index (χ4v) is 3.01. The quantitative estimate of drug-likeness (QED) is 0.737. The second-order valence-electron chi connectivity index (χ2n) is 6.03. The average molecular weight is 323 g/mol. The zero-order valence-electron chi connectivity index (χ0n) is 13.3. The molecule has 1 aromatic carbocycles. The Balaban J connectivity index is 1.51. The van der Waals surface area contributed by atoms with Crippen molar-refractivity contribution >= 4 is 5.91 Å². The number of likely N-dealkylation sites (tertiary alicyclic amines) is 1. The lowest BCUT2D eigenvalue weighted by molar-refractivity contribution is -0.128. The van der Waals surface area contributed by atoms with Crippen LogP contribution in [0.2, 0.25) is 0 Å². The molecule has 1 aliphatic rings. The fraction of sp³-hybridized carbons (Fsp3) is 0.278. The Bertz CT molecular complexity index is 854. The minimum atomic E-state index is -0.0472. The van der Waals surface area contributed by atoms with Crippen LogP contribution in [0, 0.1) is 6.92 Å². The first-order chi connectivity index (χ1) is 11.7. The van der Waals surface area contributed by atoms with Gasteiger partial charge < -0.3 is 13.8 Å². The fourth-order valence-electron chi connectivity index (χ4n) is 3.01. The number of amides is 1. The molecule has 2 aromatic heterocycles. The largest absolute Gasteiger partial charge is 0.467 e. The van der Waals surface area contributed by atoms with Crippen molar-refractivity contribution in [1.82, 2.24) is 15.0 Å². The highest BCUT2D eigenvalue weighted by atomic mass is 16.5. The van der Waals surface area contributed by atoms with Crippen molar-refractivity contribution in [3.8, 4) is 11.5 Å². The van der Waals surface area contributed by atoms with E-state index in [1.807, 2.05) is 43.3 Å². The number of benzene rings is 1. The molecular formula is C18H17N3O3. The van der Waals surface area contributed by atoms with Crippen molar-refractivity contribution in [3.05, 3.63) is 59.8 Å². The van der Waals surface area contributed by atoms with Gasteiger partial charge in [0.2, 0.25) is 5.91 Å². The summed E-state index contributed by atoms with van der Waals surface area (Å²) in [6.07, 6.45) is 2.01. The highest BCUT2D eigenvalue weighted by Crippen LogP contribution is 2.29. The number of aromatic nitrogens is 2. The Hall–Kier alpha value is -2.89. The SMILES string of the molecule is Cc1ccccc1-c1nc(C2CC(=O)N(Cc3ccco3)C2)no1. The van der Waals surface area contributed by atoms with Crippen LogP contribution in [0.3, 0.4) is 0 Å². The van der Waals surface area contributed by atoms with E-state index in [4.69, 9.17) is 8.94 Å². The van der Waals surface area contributed by atoms with Crippen molar-refractivity contribution in [3.63, 3.8) is 0 Å². The summed E-state index contributed by atoms with van der Waals surface area (Å²) in [6, 6.07) is 11.6. The maximum absolute atomic E-state index is 12.2. The van der Waals surface area contributed by atoms with Gasteiger partial charge in [-0.2, -0.15) is 4.98 Å². The van der Waals surface area contributed by atoms with E-state index in [0.29, 0.717) is 31.2 Å². The van der Waals surface area contributed by atoms with E-state index >= 15 is 0 Å². The Morgan fingerprint density at radius 2 is 2.12 bits per heavy atom. The molecule has 6 heteroatoms. The molecule has 0 spiro atoms. The van der Waals surface area contributed by atoms with Crippen LogP contribution in [-0.2, 0) is 11.3 Å². The van der Waals surface area contributed by atoms with E-state index in [-0.39, 0.29) is 11.8 Å². The number of hydrogen-bond acceptors (Lipinski definition) is 5. The molecule has 4 rings (SSSR count). The van der Waals surface area contributed by atoms with E-state index in [2.05, 4.69) is 10.1 Å². The predicted octanol–water partition coefficient (Wildman–Crippen LogP) is 3.15. The molecular weight excluding hydrogens is 306 g/mol. The van der Waals surface area contributed by atoms with Crippen LogP contribution in [0.15, 0.2) is 51.6 Å². The summed E-state index contributed by atoms with van der Waals surface area (Å²) >= 11 is 0. The van der Waals surface area contributed by atoms with Gasteiger partial charge in [0, 0.05) is 24.4 Å². The Kier molecular flexibility index (Phi) is 3.65.